The fourth-order valence-electron chi connectivity index (χ4n) is 2.84. The lowest BCUT2D eigenvalue weighted by atomic mass is 10.1. The molecule has 1 saturated carbocycles. The predicted octanol–water partition coefficient (Wildman–Crippen LogP) is 2.78. The van der Waals surface area contributed by atoms with E-state index in [-0.39, 0.29) is 17.7 Å². The number of ether oxygens (including phenoxy) is 1. The molecule has 0 aromatic heterocycles. The van der Waals surface area contributed by atoms with E-state index in [4.69, 9.17) is 0 Å². The molecular weight excluding hydrogens is 344 g/mol. The van der Waals surface area contributed by atoms with Crippen molar-refractivity contribution in [2.75, 3.05) is 19.1 Å². The van der Waals surface area contributed by atoms with Gasteiger partial charge in [-0.3, -0.25) is 9.59 Å². The van der Waals surface area contributed by atoms with Gasteiger partial charge in [0.25, 0.3) is 5.91 Å². The van der Waals surface area contributed by atoms with E-state index in [1.54, 1.807) is 54.4 Å². The minimum Gasteiger partial charge on any atom is -0.465 e. The predicted molar refractivity (Wildman–Crippen MR) is 102 cm³/mol. The number of para-hydroxylation sites is 1. The van der Waals surface area contributed by atoms with Crippen LogP contribution < -0.4 is 10.2 Å². The van der Waals surface area contributed by atoms with Crippen LogP contribution in [0.15, 0.2) is 48.5 Å². The van der Waals surface area contributed by atoms with Gasteiger partial charge in [-0.15, -0.1) is 0 Å². The first-order valence-electron chi connectivity index (χ1n) is 8.83. The lowest BCUT2D eigenvalue weighted by Gasteiger charge is -2.20. The number of anilines is 1. The summed E-state index contributed by atoms with van der Waals surface area (Å²) in [5.74, 6) is -0.519. The molecule has 27 heavy (non-hydrogen) atoms. The summed E-state index contributed by atoms with van der Waals surface area (Å²) in [7, 11) is 3.04. The molecule has 2 aromatic rings. The number of nitrogens with one attached hydrogen (secondary N) is 1. The van der Waals surface area contributed by atoms with Crippen molar-refractivity contribution in [3.05, 3.63) is 65.2 Å². The number of hydrogen-bond acceptors (Lipinski definition) is 4. The zero-order valence-electron chi connectivity index (χ0n) is 15.4. The third-order valence-electron chi connectivity index (χ3n) is 4.60. The van der Waals surface area contributed by atoms with E-state index in [9.17, 15) is 14.4 Å². The molecule has 0 radical (unpaired) electrons. The molecule has 0 heterocycles. The van der Waals surface area contributed by atoms with E-state index >= 15 is 0 Å². The van der Waals surface area contributed by atoms with E-state index in [0.717, 1.165) is 18.4 Å². The highest BCUT2D eigenvalue weighted by atomic mass is 16.5. The highest BCUT2D eigenvalue weighted by Crippen LogP contribution is 2.33. The summed E-state index contributed by atoms with van der Waals surface area (Å²) < 4.78 is 4.67. The molecule has 0 spiro atoms. The number of nitrogens with zero attached hydrogens (tertiary/aromatic N) is 1. The Morgan fingerprint density at radius 1 is 1.07 bits per heavy atom. The van der Waals surface area contributed by atoms with E-state index in [2.05, 4.69) is 10.1 Å². The Hall–Kier alpha value is -3.15. The molecular formula is C21H22N2O4. The van der Waals surface area contributed by atoms with Gasteiger partial charge in [0.15, 0.2) is 0 Å². The normalized spacial score (nSPS) is 13.0. The minimum atomic E-state index is -0.400. The summed E-state index contributed by atoms with van der Waals surface area (Å²) in [6.07, 6.45) is 1.83. The third-order valence-corrected chi connectivity index (χ3v) is 4.60. The number of hydrogen-bond donors (Lipinski definition) is 1. The lowest BCUT2D eigenvalue weighted by molar-refractivity contribution is -0.119. The fraction of sp³-hybridized carbons (Fsp3) is 0.286. The minimum absolute atomic E-state index is 0.0497. The van der Waals surface area contributed by atoms with Crippen LogP contribution in [0.4, 0.5) is 5.69 Å². The highest BCUT2D eigenvalue weighted by molar-refractivity contribution is 6.05. The van der Waals surface area contributed by atoms with Crippen molar-refractivity contribution in [2.24, 2.45) is 5.92 Å². The Labute approximate surface area is 158 Å². The maximum atomic E-state index is 12.6. The topological polar surface area (TPSA) is 75.7 Å². The van der Waals surface area contributed by atoms with Crippen LogP contribution in [0.5, 0.6) is 0 Å². The third kappa shape index (κ3) is 4.34. The van der Waals surface area contributed by atoms with E-state index in [0.29, 0.717) is 23.4 Å². The van der Waals surface area contributed by atoms with Gasteiger partial charge in [-0.25, -0.2) is 4.79 Å². The molecule has 1 N–H and O–H groups in total. The summed E-state index contributed by atoms with van der Waals surface area (Å²) in [5, 5.41) is 2.86. The number of methoxy groups -OCH3 is 1. The standard InChI is InChI=1S/C21H22N2O4/c1-23(20(25)15-11-12-15)18-6-4-3-5-17(18)19(24)22-13-14-7-9-16(10-8-14)21(26)27-2/h3-10,15H,11-13H2,1-2H3,(H,22,24). The van der Waals surface area contributed by atoms with E-state index < -0.39 is 5.97 Å². The number of amides is 2. The molecule has 140 valence electrons. The smallest absolute Gasteiger partial charge is 0.337 e. The summed E-state index contributed by atoms with van der Waals surface area (Å²) in [5.41, 5.74) is 2.38. The van der Waals surface area contributed by atoms with Crippen LogP contribution in [0.25, 0.3) is 0 Å². The average Bonchev–Trinajstić information content (AvgIpc) is 3.56. The van der Waals surface area contributed by atoms with Crippen LogP contribution in [0, 0.1) is 5.92 Å². The first kappa shape index (κ1) is 18.6. The second-order valence-electron chi connectivity index (χ2n) is 6.56. The van der Waals surface area contributed by atoms with E-state index in [1.807, 2.05) is 6.07 Å². The van der Waals surface area contributed by atoms with Crippen molar-refractivity contribution in [1.29, 1.82) is 0 Å². The molecule has 6 heteroatoms. The Bertz CT molecular complexity index is 857. The van der Waals surface area contributed by atoms with Crippen molar-refractivity contribution in [3.63, 3.8) is 0 Å². The molecule has 6 nitrogen and oxygen atoms in total. The Balaban J connectivity index is 1.67. The zero-order valence-corrected chi connectivity index (χ0v) is 15.4. The quantitative estimate of drug-likeness (QED) is 0.798. The molecule has 3 rings (SSSR count). The first-order chi connectivity index (χ1) is 13.0. The summed E-state index contributed by atoms with van der Waals surface area (Å²) in [6, 6.07) is 13.9. The van der Waals surface area contributed by atoms with Gasteiger partial charge < -0.3 is 15.0 Å². The molecule has 0 atom stereocenters. The van der Waals surface area contributed by atoms with Gasteiger partial charge >= 0.3 is 5.97 Å². The van der Waals surface area contributed by atoms with Crippen molar-refractivity contribution in [3.8, 4) is 0 Å². The SMILES string of the molecule is COC(=O)c1ccc(CNC(=O)c2ccccc2N(C)C(=O)C2CC2)cc1. The van der Waals surface area contributed by atoms with Crippen LogP contribution in [0.2, 0.25) is 0 Å². The molecule has 0 unspecified atom stereocenters. The second-order valence-corrected chi connectivity index (χ2v) is 6.56. The molecule has 1 aliphatic carbocycles. The molecule has 2 amide bonds. The Morgan fingerprint density at radius 2 is 1.74 bits per heavy atom. The Morgan fingerprint density at radius 3 is 2.37 bits per heavy atom. The molecule has 2 aromatic carbocycles. The summed E-state index contributed by atoms with van der Waals surface area (Å²) in [6.45, 7) is 0.314. The van der Waals surface area contributed by atoms with Gasteiger partial charge in [-0.05, 0) is 42.7 Å². The van der Waals surface area contributed by atoms with Crippen molar-refractivity contribution >= 4 is 23.5 Å². The van der Waals surface area contributed by atoms with Crippen LogP contribution in [0.1, 0.15) is 39.1 Å². The molecule has 0 bridgehead atoms. The summed E-state index contributed by atoms with van der Waals surface area (Å²) in [4.78, 5) is 38.0. The monoisotopic (exact) mass is 366 g/mol. The van der Waals surface area contributed by atoms with Crippen LogP contribution in [-0.4, -0.2) is 31.9 Å². The largest absolute Gasteiger partial charge is 0.465 e. The fourth-order valence-corrected chi connectivity index (χ4v) is 2.84. The van der Waals surface area contributed by atoms with Gasteiger partial charge in [0.1, 0.15) is 0 Å². The molecule has 0 aliphatic heterocycles. The molecule has 1 aliphatic rings. The molecule has 0 saturated heterocycles. The zero-order chi connectivity index (χ0) is 19.4. The van der Waals surface area contributed by atoms with Crippen LogP contribution >= 0.6 is 0 Å². The maximum absolute atomic E-state index is 12.6. The number of carbonyl (C=O) groups excluding carboxylic acids is 3. The number of rotatable bonds is 6. The van der Waals surface area contributed by atoms with Gasteiger partial charge in [0, 0.05) is 19.5 Å². The Kier molecular flexibility index (Phi) is 5.54. The summed E-state index contributed by atoms with van der Waals surface area (Å²) >= 11 is 0. The van der Waals surface area contributed by atoms with Crippen LogP contribution in [0.3, 0.4) is 0 Å². The van der Waals surface area contributed by atoms with E-state index in [1.165, 1.54) is 7.11 Å². The van der Waals surface area contributed by atoms with Gasteiger partial charge in [0.2, 0.25) is 5.91 Å². The average molecular weight is 366 g/mol. The number of carbonyl (C=O) groups is 3. The van der Waals surface area contributed by atoms with Crippen molar-refractivity contribution < 1.29 is 19.1 Å². The van der Waals surface area contributed by atoms with Gasteiger partial charge in [-0.1, -0.05) is 24.3 Å². The van der Waals surface area contributed by atoms with Crippen molar-refractivity contribution in [2.45, 2.75) is 19.4 Å². The van der Waals surface area contributed by atoms with Gasteiger partial charge in [0.05, 0.1) is 23.9 Å². The van der Waals surface area contributed by atoms with Gasteiger partial charge in [-0.2, -0.15) is 0 Å². The highest BCUT2D eigenvalue weighted by Gasteiger charge is 2.33. The molecule has 1 fully saturated rings. The van der Waals surface area contributed by atoms with Crippen molar-refractivity contribution in [1.82, 2.24) is 5.32 Å². The number of esters is 1. The maximum Gasteiger partial charge on any atom is 0.337 e. The first-order valence-corrected chi connectivity index (χ1v) is 8.83. The second kappa shape index (κ2) is 8.03. The van der Waals surface area contributed by atoms with Crippen LogP contribution in [-0.2, 0) is 16.1 Å². The lowest BCUT2D eigenvalue weighted by Crippen LogP contribution is -2.31. The number of benzene rings is 2.